The number of nitrogens with zero attached hydrogens (tertiary/aromatic N) is 1. The maximum absolute atomic E-state index is 12.0. The van der Waals surface area contributed by atoms with Crippen LogP contribution in [0.5, 0.6) is 0 Å². The first-order chi connectivity index (χ1) is 8.41. The molecule has 1 aliphatic rings. The Balaban J connectivity index is 2.72. The van der Waals surface area contributed by atoms with Gasteiger partial charge >= 0.3 is 0 Å². The average molecular weight is 309 g/mol. The standard InChI is InChI=1S/C13H13BrN2O2/c1-7-3-4-8-10(5-7)16(2)11(17)6-9(12(8)14)13(15)18/h3-5H,6H2,1-2H3,(H2,15,18). The number of amides is 2. The zero-order valence-corrected chi connectivity index (χ0v) is 11.7. The Morgan fingerprint density at radius 1 is 1.44 bits per heavy atom. The van der Waals surface area contributed by atoms with Crippen LogP contribution in [0.25, 0.3) is 4.48 Å². The molecule has 1 aromatic rings. The minimum atomic E-state index is -0.572. The molecular formula is C13H13BrN2O2. The topological polar surface area (TPSA) is 63.4 Å². The third kappa shape index (κ3) is 2.06. The van der Waals surface area contributed by atoms with Crippen molar-refractivity contribution in [2.24, 2.45) is 5.73 Å². The molecule has 0 saturated carbocycles. The van der Waals surface area contributed by atoms with Crippen molar-refractivity contribution in [2.75, 3.05) is 11.9 Å². The van der Waals surface area contributed by atoms with Gasteiger partial charge in [-0.3, -0.25) is 9.59 Å². The van der Waals surface area contributed by atoms with Crippen molar-refractivity contribution in [1.82, 2.24) is 0 Å². The Labute approximate surface area is 114 Å². The van der Waals surface area contributed by atoms with Crippen molar-refractivity contribution >= 4 is 37.9 Å². The summed E-state index contributed by atoms with van der Waals surface area (Å²) in [6.45, 7) is 1.95. The summed E-state index contributed by atoms with van der Waals surface area (Å²) in [7, 11) is 1.70. The Kier molecular flexibility index (Phi) is 3.26. The molecule has 1 aromatic carbocycles. The molecule has 18 heavy (non-hydrogen) atoms. The highest BCUT2D eigenvalue weighted by Crippen LogP contribution is 2.37. The monoisotopic (exact) mass is 308 g/mol. The number of benzene rings is 1. The van der Waals surface area contributed by atoms with Gasteiger partial charge in [-0.25, -0.2) is 0 Å². The molecule has 2 rings (SSSR count). The van der Waals surface area contributed by atoms with Crippen molar-refractivity contribution in [1.29, 1.82) is 0 Å². The van der Waals surface area contributed by atoms with Crippen LogP contribution in [0.1, 0.15) is 17.5 Å². The molecule has 0 unspecified atom stereocenters. The van der Waals surface area contributed by atoms with Crippen LogP contribution in [0.3, 0.4) is 0 Å². The van der Waals surface area contributed by atoms with E-state index in [1.807, 2.05) is 25.1 Å². The molecule has 0 bridgehead atoms. The molecule has 2 N–H and O–H groups in total. The lowest BCUT2D eigenvalue weighted by Crippen LogP contribution is -2.27. The van der Waals surface area contributed by atoms with Crippen LogP contribution >= 0.6 is 15.9 Å². The first kappa shape index (κ1) is 12.8. The van der Waals surface area contributed by atoms with Gasteiger partial charge in [-0.2, -0.15) is 0 Å². The summed E-state index contributed by atoms with van der Waals surface area (Å²) in [5.41, 5.74) is 8.28. The Morgan fingerprint density at radius 2 is 2.11 bits per heavy atom. The van der Waals surface area contributed by atoms with Crippen molar-refractivity contribution in [2.45, 2.75) is 13.3 Å². The Morgan fingerprint density at radius 3 is 2.72 bits per heavy atom. The largest absolute Gasteiger partial charge is 0.366 e. The van der Waals surface area contributed by atoms with Gasteiger partial charge in [-0.15, -0.1) is 0 Å². The second-order valence-electron chi connectivity index (χ2n) is 4.31. The van der Waals surface area contributed by atoms with Crippen LogP contribution in [-0.2, 0) is 9.59 Å². The molecule has 0 aromatic heterocycles. The van der Waals surface area contributed by atoms with Gasteiger partial charge in [0.05, 0.1) is 12.1 Å². The second-order valence-corrected chi connectivity index (χ2v) is 5.10. The number of rotatable bonds is 1. The summed E-state index contributed by atoms with van der Waals surface area (Å²) >= 11 is 3.38. The first-order valence-electron chi connectivity index (χ1n) is 5.48. The molecule has 1 heterocycles. The molecule has 0 fully saturated rings. The lowest BCUT2D eigenvalue weighted by Gasteiger charge is -2.18. The van der Waals surface area contributed by atoms with E-state index in [-0.39, 0.29) is 12.3 Å². The van der Waals surface area contributed by atoms with E-state index in [2.05, 4.69) is 15.9 Å². The molecule has 0 atom stereocenters. The van der Waals surface area contributed by atoms with Crippen molar-refractivity contribution in [3.63, 3.8) is 0 Å². The van der Waals surface area contributed by atoms with E-state index in [4.69, 9.17) is 5.73 Å². The van der Waals surface area contributed by atoms with Gasteiger partial charge in [0.15, 0.2) is 0 Å². The highest BCUT2D eigenvalue weighted by Gasteiger charge is 2.26. The number of nitrogens with two attached hydrogens (primary N) is 1. The fraction of sp³-hybridized carbons (Fsp3) is 0.231. The maximum atomic E-state index is 12.0. The fourth-order valence-electron chi connectivity index (χ4n) is 1.94. The van der Waals surface area contributed by atoms with E-state index in [0.717, 1.165) is 16.8 Å². The van der Waals surface area contributed by atoms with Crippen LogP contribution in [0, 0.1) is 6.92 Å². The quantitative estimate of drug-likeness (QED) is 0.862. The number of carbonyl (C=O) groups is 2. The average Bonchev–Trinajstić information content (AvgIpc) is 2.40. The number of anilines is 1. The summed E-state index contributed by atoms with van der Waals surface area (Å²) < 4.78 is 0.600. The number of aryl methyl sites for hydroxylation is 1. The van der Waals surface area contributed by atoms with Gasteiger partial charge < -0.3 is 10.6 Å². The SMILES string of the molecule is Cc1ccc2c(c1)N(C)C(=O)CC(C(N)=O)=C2Br. The molecule has 0 radical (unpaired) electrons. The van der Waals surface area contributed by atoms with Crippen molar-refractivity contribution < 1.29 is 9.59 Å². The number of carbonyl (C=O) groups excluding carboxylic acids is 2. The molecular weight excluding hydrogens is 296 g/mol. The lowest BCUT2D eigenvalue weighted by molar-refractivity contribution is -0.120. The van der Waals surface area contributed by atoms with Gasteiger partial charge in [0.2, 0.25) is 11.8 Å². The van der Waals surface area contributed by atoms with Crippen molar-refractivity contribution in [3.8, 4) is 0 Å². The highest BCUT2D eigenvalue weighted by atomic mass is 79.9. The van der Waals surface area contributed by atoms with Gasteiger partial charge in [0.1, 0.15) is 0 Å². The number of hydrogen-bond acceptors (Lipinski definition) is 2. The second kappa shape index (κ2) is 4.57. The predicted molar refractivity (Wildman–Crippen MR) is 74.2 cm³/mol. The molecule has 0 aliphatic carbocycles. The fourth-order valence-corrected chi connectivity index (χ4v) is 2.62. The lowest BCUT2D eigenvalue weighted by atomic mass is 10.1. The summed E-state index contributed by atoms with van der Waals surface area (Å²) in [5, 5.41) is 0. The Hall–Kier alpha value is -1.62. The van der Waals surface area contributed by atoms with E-state index in [9.17, 15) is 9.59 Å². The smallest absolute Gasteiger partial charge is 0.246 e. The minimum Gasteiger partial charge on any atom is -0.366 e. The molecule has 2 amide bonds. The maximum Gasteiger partial charge on any atom is 0.246 e. The molecule has 5 heteroatoms. The predicted octanol–water partition coefficient (Wildman–Crippen LogP) is 1.95. The van der Waals surface area contributed by atoms with Crippen molar-refractivity contribution in [3.05, 3.63) is 34.9 Å². The van der Waals surface area contributed by atoms with E-state index < -0.39 is 5.91 Å². The van der Waals surface area contributed by atoms with Crippen LogP contribution in [0.15, 0.2) is 23.8 Å². The number of primary amides is 1. The van der Waals surface area contributed by atoms with E-state index >= 15 is 0 Å². The van der Waals surface area contributed by atoms with Gasteiger partial charge in [-0.1, -0.05) is 12.1 Å². The van der Waals surface area contributed by atoms with Gasteiger partial charge in [0.25, 0.3) is 0 Å². The third-order valence-corrected chi connectivity index (χ3v) is 3.92. The number of hydrogen-bond donors (Lipinski definition) is 1. The summed E-state index contributed by atoms with van der Waals surface area (Å²) in [6, 6.07) is 5.73. The van der Waals surface area contributed by atoms with E-state index in [1.54, 1.807) is 11.9 Å². The van der Waals surface area contributed by atoms with Crippen LogP contribution < -0.4 is 10.6 Å². The molecule has 0 saturated heterocycles. The molecule has 4 nitrogen and oxygen atoms in total. The minimum absolute atomic E-state index is 0.0140. The summed E-state index contributed by atoms with van der Waals surface area (Å²) in [4.78, 5) is 25.0. The normalized spacial score (nSPS) is 15.5. The zero-order chi connectivity index (χ0) is 13.4. The van der Waals surface area contributed by atoms with Crippen LogP contribution in [-0.4, -0.2) is 18.9 Å². The zero-order valence-electron chi connectivity index (χ0n) is 10.2. The molecule has 1 aliphatic heterocycles. The third-order valence-electron chi connectivity index (χ3n) is 3.02. The summed E-state index contributed by atoms with van der Waals surface area (Å²) in [6.07, 6.45) is 0.0140. The van der Waals surface area contributed by atoms with E-state index in [1.165, 1.54) is 0 Å². The van der Waals surface area contributed by atoms with Gasteiger partial charge in [0, 0.05) is 22.7 Å². The first-order valence-corrected chi connectivity index (χ1v) is 6.27. The number of fused-ring (bicyclic) bond motifs is 1. The highest BCUT2D eigenvalue weighted by molar-refractivity contribution is 9.15. The van der Waals surface area contributed by atoms with E-state index in [0.29, 0.717) is 10.1 Å². The molecule has 0 spiro atoms. The summed E-state index contributed by atoms with van der Waals surface area (Å²) in [5.74, 6) is -0.720. The van der Waals surface area contributed by atoms with Crippen LogP contribution in [0.4, 0.5) is 5.69 Å². The number of halogens is 1. The Bertz CT molecular complexity index is 578. The van der Waals surface area contributed by atoms with Gasteiger partial charge in [-0.05, 0) is 34.5 Å². The molecule has 94 valence electrons. The van der Waals surface area contributed by atoms with Crippen LogP contribution in [0.2, 0.25) is 0 Å².